The number of unbranched alkanes of at least 4 members (excludes halogenated alkanes) is 1. The maximum atomic E-state index is 12.4. The molecule has 0 saturated carbocycles. The number of guanidine groups is 1. The third-order valence-electron chi connectivity index (χ3n) is 3.79. The lowest BCUT2D eigenvalue weighted by Crippen LogP contribution is -2.54. The number of carbonyl (C=O) groups is 3. The molecule has 0 aliphatic heterocycles. The van der Waals surface area contributed by atoms with Gasteiger partial charge in [0.15, 0.2) is 5.96 Å². The van der Waals surface area contributed by atoms with Gasteiger partial charge < -0.3 is 38.9 Å². The Labute approximate surface area is 164 Å². The highest BCUT2D eigenvalue weighted by molar-refractivity contribution is 5.91. The fourth-order valence-corrected chi connectivity index (χ4v) is 2.31. The second-order valence-corrected chi connectivity index (χ2v) is 6.28. The second-order valence-electron chi connectivity index (χ2n) is 6.28. The Balaban J connectivity index is 4.76. The molecule has 0 aromatic carbocycles. The zero-order valence-electron chi connectivity index (χ0n) is 15.8. The van der Waals surface area contributed by atoms with Gasteiger partial charge in [0.1, 0.15) is 12.1 Å². The minimum absolute atomic E-state index is 0.174. The predicted octanol–water partition coefficient (Wildman–Crippen LogP) is -3.34. The Hall–Kier alpha value is -2.73. The lowest BCUT2D eigenvalue weighted by molar-refractivity contribution is -0.130. The van der Waals surface area contributed by atoms with Gasteiger partial charge in [0.05, 0.1) is 12.5 Å². The maximum Gasteiger partial charge on any atom is 0.243 e. The van der Waals surface area contributed by atoms with Crippen LogP contribution in [-0.2, 0) is 19.2 Å². The minimum atomic E-state index is -1.19. The number of carbonyl (C=O) groups excluding carboxylic acids is 4. The van der Waals surface area contributed by atoms with E-state index < -0.39 is 35.8 Å². The fraction of sp³-hybridized carbons (Fsp3) is 0.688. The topological polar surface area (TPSA) is 232 Å². The first-order valence-corrected chi connectivity index (χ1v) is 9.01. The van der Waals surface area contributed by atoms with Gasteiger partial charge in [-0.1, -0.05) is 0 Å². The normalized spacial score (nSPS) is 13.6. The minimum Gasteiger partial charge on any atom is -0.370 e. The molecular weight excluding hydrogens is 368 g/mol. The molecule has 0 heterocycles. The van der Waals surface area contributed by atoms with Gasteiger partial charge in [-0.15, -0.1) is 0 Å². The number of hydrogen-bond donors (Lipinski definition) is 8. The first-order valence-electron chi connectivity index (χ1n) is 9.01. The third kappa shape index (κ3) is 11.8. The summed E-state index contributed by atoms with van der Waals surface area (Å²) in [5, 5.41) is 14.5. The molecule has 12 N–H and O–H groups in total. The lowest BCUT2D eigenvalue weighted by Gasteiger charge is -2.22. The van der Waals surface area contributed by atoms with E-state index in [1.807, 2.05) is 0 Å². The molecule has 1 radical (unpaired) electrons. The van der Waals surface area contributed by atoms with Crippen molar-refractivity contribution in [2.24, 2.45) is 22.9 Å². The molecule has 0 saturated heterocycles. The lowest BCUT2D eigenvalue weighted by atomic mass is 10.1. The molecule has 159 valence electrons. The van der Waals surface area contributed by atoms with Crippen molar-refractivity contribution in [2.75, 3.05) is 13.1 Å². The van der Waals surface area contributed by atoms with Crippen LogP contribution in [0.4, 0.5) is 0 Å². The molecule has 3 amide bonds. The molecule has 28 heavy (non-hydrogen) atoms. The van der Waals surface area contributed by atoms with E-state index in [0.29, 0.717) is 38.8 Å². The number of primary amides is 1. The van der Waals surface area contributed by atoms with E-state index >= 15 is 0 Å². The van der Waals surface area contributed by atoms with Crippen LogP contribution in [0.3, 0.4) is 0 Å². The van der Waals surface area contributed by atoms with Crippen LogP contribution in [-0.4, -0.2) is 61.2 Å². The molecular formula is C16H31N8O4. The summed E-state index contributed by atoms with van der Waals surface area (Å²) < 4.78 is 0. The van der Waals surface area contributed by atoms with E-state index in [1.165, 1.54) is 6.29 Å². The van der Waals surface area contributed by atoms with Crippen LogP contribution in [0.1, 0.15) is 38.5 Å². The molecule has 3 atom stereocenters. The van der Waals surface area contributed by atoms with Crippen molar-refractivity contribution in [3.8, 4) is 0 Å². The molecule has 0 spiro atoms. The predicted molar refractivity (Wildman–Crippen MR) is 103 cm³/mol. The van der Waals surface area contributed by atoms with Crippen molar-refractivity contribution in [2.45, 2.75) is 56.7 Å². The molecule has 0 bridgehead atoms. The quantitative estimate of drug-likeness (QED) is 0.0785. The van der Waals surface area contributed by atoms with Crippen molar-refractivity contribution >= 4 is 30.0 Å². The van der Waals surface area contributed by atoms with Crippen LogP contribution >= 0.6 is 0 Å². The fourth-order valence-electron chi connectivity index (χ4n) is 2.31. The first-order chi connectivity index (χ1) is 13.2. The summed E-state index contributed by atoms with van der Waals surface area (Å²) in [5.41, 5.74) is 21.5. The summed E-state index contributed by atoms with van der Waals surface area (Å²) in [6, 6.07) is -2.99. The van der Waals surface area contributed by atoms with Gasteiger partial charge in [0.2, 0.25) is 24.0 Å². The summed E-state index contributed by atoms with van der Waals surface area (Å²) in [7, 11) is 0. The monoisotopic (exact) mass is 399 g/mol. The van der Waals surface area contributed by atoms with E-state index in [2.05, 4.69) is 16.0 Å². The average molecular weight is 399 g/mol. The van der Waals surface area contributed by atoms with Crippen LogP contribution < -0.4 is 38.9 Å². The molecule has 0 aliphatic carbocycles. The summed E-state index contributed by atoms with van der Waals surface area (Å²) in [5.74, 6) is -2.10. The molecule has 0 fully saturated rings. The van der Waals surface area contributed by atoms with E-state index in [9.17, 15) is 19.2 Å². The van der Waals surface area contributed by atoms with Crippen molar-refractivity contribution in [3.63, 3.8) is 0 Å². The number of rotatable bonds is 15. The van der Waals surface area contributed by atoms with Gasteiger partial charge in [0.25, 0.3) is 0 Å². The smallest absolute Gasteiger partial charge is 0.243 e. The van der Waals surface area contributed by atoms with Gasteiger partial charge in [-0.25, -0.2) is 0 Å². The van der Waals surface area contributed by atoms with Crippen LogP contribution in [0.15, 0.2) is 0 Å². The van der Waals surface area contributed by atoms with Crippen molar-refractivity contribution in [1.82, 2.24) is 16.0 Å². The summed E-state index contributed by atoms with van der Waals surface area (Å²) in [6.45, 7) is 0.818. The Morgan fingerprint density at radius 1 is 1.00 bits per heavy atom. The zero-order chi connectivity index (χ0) is 21.5. The highest BCUT2D eigenvalue weighted by atomic mass is 16.2. The molecule has 0 aromatic heterocycles. The Bertz CT molecular complexity index is 543. The van der Waals surface area contributed by atoms with Crippen LogP contribution in [0, 0.1) is 5.41 Å². The second kappa shape index (κ2) is 14.3. The molecule has 0 aromatic rings. The van der Waals surface area contributed by atoms with Crippen molar-refractivity contribution in [3.05, 3.63) is 0 Å². The van der Waals surface area contributed by atoms with Gasteiger partial charge in [-0.3, -0.25) is 24.6 Å². The number of nitrogens with two attached hydrogens (primary N) is 4. The average Bonchev–Trinajstić information content (AvgIpc) is 2.62. The van der Waals surface area contributed by atoms with Crippen LogP contribution in [0.5, 0.6) is 0 Å². The molecule has 12 nitrogen and oxygen atoms in total. The Morgan fingerprint density at radius 2 is 1.68 bits per heavy atom. The molecule has 0 aliphatic rings. The first kappa shape index (κ1) is 25.3. The van der Waals surface area contributed by atoms with Gasteiger partial charge in [-0.2, -0.15) is 0 Å². The van der Waals surface area contributed by atoms with Gasteiger partial charge >= 0.3 is 0 Å². The maximum absolute atomic E-state index is 12.4. The highest BCUT2D eigenvalue weighted by Gasteiger charge is 2.25. The van der Waals surface area contributed by atoms with Gasteiger partial charge in [0, 0.05) is 6.54 Å². The molecule has 12 heteroatoms. The van der Waals surface area contributed by atoms with Crippen molar-refractivity contribution < 1.29 is 19.2 Å². The van der Waals surface area contributed by atoms with E-state index in [-0.39, 0.29) is 18.8 Å². The number of hydrogen-bond acceptors (Lipinski definition) is 7. The number of nitrogens with one attached hydrogen (secondary N) is 4. The van der Waals surface area contributed by atoms with Crippen molar-refractivity contribution in [1.29, 1.82) is 5.41 Å². The van der Waals surface area contributed by atoms with Crippen LogP contribution in [0.25, 0.3) is 0 Å². The summed E-state index contributed by atoms with van der Waals surface area (Å²) in [4.78, 5) is 46.5. The SMILES string of the molecule is N=C(N)NCCC[C@H](N)C(=O)N[C@@H](CCCCN)C(=O)N[C@H]([C]=O)CC(N)=O. The van der Waals surface area contributed by atoms with E-state index in [4.69, 9.17) is 28.3 Å². The number of amides is 3. The molecule has 0 unspecified atom stereocenters. The third-order valence-corrected chi connectivity index (χ3v) is 3.79. The largest absolute Gasteiger partial charge is 0.370 e. The van der Waals surface area contributed by atoms with Crippen LogP contribution in [0.2, 0.25) is 0 Å². The Kier molecular flexibility index (Phi) is 12.9. The summed E-state index contributed by atoms with van der Waals surface area (Å²) in [6.07, 6.45) is 3.46. The highest BCUT2D eigenvalue weighted by Crippen LogP contribution is 2.04. The van der Waals surface area contributed by atoms with Gasteiger partial charge in [-0.05, 0) is 38.6 Å². The Morgan fingerprint density at radius 3 is 2.21 bits per heavy atom. The molecule has 0 rings (SSSR count). The van der Waals surface area contributed by atoms with E-state index in [0.717, 1.165) is 0 Å². The zero-order valence-corrected chi connectivity index (χ0v) is 15.8. The van der Waals surface area contributed by atoms with E-state index in [1.54, 1.807) is 0 Å². The summed E-state index contributed by atoms with van der Waals surface area (Å²) >= 11 is 0. The standard InChI is InChI=1S/C16H31N8O4/c17-6-2-1-5-12(15(28)23-10(9-25)8-13(19)26)24-14(27)11(18)4-3-7-22-16(20)21/h10-12H,1-8,17-18H2,(H2,19,26)(H,23,28)(H,24,27)(H4,20,21,22)/t10-,11-,12-/m0/s1.